The van der Waals surface area contributed by atoms with Gasteiger partial charge in [0.05, 0.1) is 20.8 Å². The fourth-order valence-corrected chi connectivity index (χ4v) is 3.48. The number of hydrogen-bond donors (Lipinski definition) is 1. The monoisotopic (exact) mass is 411 g/mol. The standard InChI is InChI=1S/C23H29N3O4/c1-17-6-4-5-7-18(17)15-24-22(27)16-25-8-10-26(11-9-25)23(28)19-12-20(29-2)14-21(13-19)30-3/h4-7,12-14H,8-11,15-16H2,1-3H3,(H,24,27). The average Bonchev–Trinajstić information content (AvgIpc) is 2.78. The molecule has 30 heavy (non-hydrogen) atoms. The molecule has 1 fully saturated rings. The average molecular weight is 412 g/mol. The van der Waals surface area contributed by atoms with Gasteiger partial charge in [0, 0.05) is 44.4 Å². The van der Waals surface area contributed by atoms with Crippen molar-refractivity contribution < 1.29 is 19.1 Å². The summed E-state index contributed by atoms with van der Waals surface area (Å²) in [4.78, 5) is 29.1. The van der Waals surface area contributed by atoms with E-state index in [1.807, 2.05) is 31.2 Å². The fourth-order valence-electron chi connectivity index (χ4n) is 3.48. The molecule has 7 heteroatoms. The normalized spacial score (nSPS) is 14.3. The van der Waals surface area contributed by atoms with Gasteiger partial charge in [0.2, 0.25) is 5.91 Å². The van der Waals surface area contributed by atoms with Crippen LogP contribution in [0.25, 0.3) is 0 Å². The maximum atomic E-state index is 12.9. The largest absolute Gasteiger partial charge is 0.497 e. The van der Waals surface area contributed by atoms with E-state index in [1.54, 1.807) is 37.3 Å². The Morgan fingerprint density at radius 2 is 1.60 bits per heavy atom. The van der Waals surface area contributed by atoms with Crippen LogP contribution in [0.2, 0.25) is 0 Å². The SMILES string of the molecule is COc1cc(OC)cc(C(=O)N2CCN(CC(=O)NCc3ccccc3C)CC2)c1. The van der Waals surface area contributed by atoms with Gasteiger partial charge in [0.15, 0.2) is 0 Å². The van der Waals surface area contributed by atoms with Crippen molar-refractivity contribution in [3.63, 3.8) is 0 Å². The van der Waals surface area contributed by atoms with E-state index in [0.29, 0.717) is 56.3 Å². The Bertz CT molecular complexity index is 870. The molecule has 1 saturated heterocycles. The van der Waals surface area contributed by atoms with E-state index in [4.69, 9.17) is 9.47 Å². The maximum absolute atomic E-state index is 12.9. The summed E-state index contributed by atoms with van der Waals surface area (Å²) in [5.41, 5.74) is 2.82. The van der Waals surface area contributed by atoms with Gasteiger partial charge in [-0.3, -0.25) is 14.5 Å². The van der Waals surface area contributed by atoms with Gasteiger partial charge in [-0.2, -0.15) is 0 Å². The maximum Gasteiger partial charge on any atom is 0.254 e. The summed E-state index contributed by atoms with van der Waals surface area (Å²) in [6.45, 7) is 5.36. The second-order valence-electron chi connectivity index (χ2n) is 7.37. The molecule has 2 aromatic rings. The van der Waals surface area contributed by atoms with Gasteiger partial charge in [-0.05, 0) is 30.2 Å². The molecule has 0 radical (unpaired) electrons. The first-order chi connectivity index (χ1) is 14.5. The molecular weight excluding hydrogens is 382 g/mol. The van der Waals surface area contributed by atoms with Crippen molar-refractivity contribution in [1.29, 1.82) is 0 Å². The number of piperazine rings is 1. The Hall–Kier alpha value is -3.06. The molecule has 0 aromatic heterocycles. The van der Waals surface area contributed by atoms with Crippen molar-refractivity contribution in [2.45, 2.75) is 13.5 Å². The summed E-state index contributed by atoms with van der Waals surface area (Å²) in [6, 6.07) is 13.2. The molecule has 3 rings (SSSR count). The second-order valence-corrected chi connectivity index (χ2v) is 7.37. The van der Waals surface area contributed by atoms with Gasteiger partial charge in [0.25, 0.3) is 5.91 Å². The van der Waals surface area contributed by atoms with Crippen LogP contribution in [0.3, 0.4) is 0 Å². The molecule has 0 spiro atoms. The third-order valence-corrected chi connectivity index (χ3v) is 5.36. The lowest BCUT2D eigenvalue weighted by Gasteiger charge is -2.34. The smallest absolute Gasteiger partial charge is 0.254 e. The van der Waals surface area contributed by atoms with Crippen molar-refractivity contribution >= 4 is 11.8 Å². The zero-order valence-electron chi connectivity index (χ0n) is 17.8. The van der Waals surface area contributed by atoms with Gasteiger partial charge >= 0.3 is 0 Å². The van der Waals surface area contributed by atoms with Crippen molar-refractivity contribution in [3.05, 3.63) is 59.2 Å². The molecule has 1 aliphatic heterocycles. The van der Waals surface area contributed by atoms with Crippen LogP contribution >= 0.6 is 0 Å². The van der Waals surface area contributed by atoms with Gasteiger partial charge in [-0.1, -0.05) is 24.3 Å². The minimum atomic E-state index is -0.0594. The molecule has 7 nitrogen and oxygen atoms in total. The van der Waals surface area contributed by atoms with Crippen LogP contribution in [0.4, 0.5) is 0 Å². The van der Waals surface area contributed by atoms with Crippen LogP contribution in [-0.2, 0) is 11.3 Å². The molecule has 1 heterocycles. The molecule has 0 aliphatic carbocycles. The van der Waals surface area contributed by atoms with Crippen LogP contribution in [0.5, 0.6) is 11.5 Å². The number of benzene rings is 2. The predicted molar refractivity (Wildman–Crippen MR) is 115 cm³/mol. The van der Waals surface area contributed by atoms with Crippen LogP contribution in [0.15, 0.2) is 42.5 Å². The Morgan fingerprint density at radius 3 is 2.20 bits per heavy atom. The van der Waals surface area contributed by atoms with E-state index in [1.165, 1.54) is 5.56 Å². The summed E-state index contributed by atoms with van der Waals surface area (Å²) in [6.07, 6.45) is 0. The lowest BCUT2D eigenvalue weighted by atomic mass is 10.1. The number of nitrogens with one attached hydrogen (secondary N) is 1. The van der Waals surface area contributed by atoms with Gasteiger partial charge in [-0.15, -0.1) is 0 Å². The van der Waals surface area contributed by atoms with Crippen LogP contribution in [0, 0.1) is 6.92 Å². The summed E-state index contributed by atoms with van der Waals surface area (Å²) >= 11 is 0. The third-order valence-electron chi connectivity index (χ3n) is 5.36. The first kappa shape index (κ1) is 21.6. The summed E-state index contributed by atoms with van der Waals surface area (Å²) in [5.74, 6) is 1.11. The molecule has 2 amide bonds. The van der Waals surface area contributed by atoms with E-state index in [9.17, 15) is 9.59 Å². The van der Waals surface area contributed by atoms with E-state index in [0.717, 1.165) is 5.56 Å². The van der Waals surface area contributed by atoms with Gasteiger partial charge in [0.1, 0.15) is 11.5 Å². The van der Waals surface area contributed by atoms with Crippen molar-refractivity contribution in [1.82, 2.24) is 15.1 Å². The molecule has 0 unspecified atom stereocenters. The Labute approximate surface area is 177 Å². The predicted octanol–water partition coefficient (Wildman–Crippen LogP) is 2.09. The third kappa shape index (κ3) is 5.51. The first-order valence-corrected chi connectivity index (χ1v) is 10.1. The van der Waals surface area contributed by atoms with Crippen molar-refractivity contribution in [2.75, 3.05) is 46.9 Å². The van der Waals surface area contributed by atoms with Gasteiger partial charge in [-0.25, -0.2) is 0 Å². The second kappa shape index (κ2) is 10.1. The highest BCUT2D eigenvalue weighted by Crippen LogP contribution is 2.23. The summed E-state index contributed by atoms with van der Waals surface area (Å²) in [7, 11) is 3.12. The number of nitrogens with zero attached hydrogens (tertiary/aromatic N) is 2. The number of methoxy groups -OCH3 is 2. The number of hydrogen-bond acceptors (Lipinski definition) is 5. The van der Waals surface area contributed by atoms with Crippen LogP contribution < -0.4 is 14.8 Å². The van der Waals surface area contributed by atoms with E-state index in [2.05, 4.69) is 10.2 Å². The van der Waals surface area contributed by atoms with E-state index < -0.39 is 0 Å². The number of ether oxygens (including phenoxy) is 2. The van der Waals surface area contributed by atoms with Crippen molar-refractivity contribution in [3.8, 4) is 11.5 Å². The molecule has 1 aliphatic rings. The first-order valence-electron chi connectivity index (χ1n) is 10.1. The Balaban J connectivity index is 1.49. The zero-order chi connectivity index (χ0) is 21.5. The van der Waals surface area contributed by atoms with E-state index >= 15 is 0 Å². The highest BCUT2D eigenvalue weighted by molar-refractivity contribution is 5.95. The van der Waals surface area contributed by atoms with Gasteiger partial charge < -0.3 is 19.7 Å². The highest BCUT2D eigenvalue weighted by atomic mass is 16.5. The van der Waals surface area contributed by atoms with Crippen molar-refractivity contribution in [2.24, 2.45) is 0 Å². The summed E-state index contributed by atoms with van der Waals surface area (Å²) in [5, 5.41) is 2.98. The summed E-state index contributed by atoms with van der Waals surface area (Å²) < 4.78 is 10.5. The topological polar surface area (TPSA) is 71.1 Å². The lowest BCUT2D eigenvalue weighted by molar-refractivity contribution is -0.122. The lowest BCUT2D eigenvalue weighted by Crippen LogP contribution is -2.51. The van der Waals surface area contributed by atoms with Crippen LogP contribution in [-0.4, -0.2) is 68.6 Å². The molecule has 0 atom stereocenters. The number of carbonyl (C=O) groups is 2. The minimum absolute atomic E-state index is 0.00411. The zero-order valence-corrected chi connectivity index (χ0v) is 17.8. The highest BCUT2D eigenvalue weighted by Gasteiger charge is 2.24. The van der Waals surface area contributed by atoms with E-state index in [-0.39, 0.29) is 11.8 Å². The number of carbonyl (C=O) groups excluding carboxylic acids is 2. The fraction of sp³-hybridized carbons (Fsp3) is 0.391. The number of rotatable bonds is 7. The minimum Gasteiger partial charge on any atom is -0.497 e. The number of amides is 2. The Morgan fingerprint density at radius 1 is 0.967 bits per heavy atom. The molecule has 2 aromatic carbocycles. The molecule has 160 valence electrons. The molecular formula is C23H29N3O4. The Kier molecular flexibility index (Phi) is 7.30. The van der Waals surface area contributed by atoms with Crippen LogP contribution in [0.1, 0.15) is 21.5 Å². The molecule has 0 bridgehead atoms. The molecule has 1 N–H and O–H groups in total. The number of aryl methyl sites for hydroxylation is 1. The molecule has 0 saturated carbocycles. The quantitative estimate of drug-likeness (QED) is 0.756.